The van der Waals surface area contributed by atoms with Gasteiger partial charge in [-0.05, 0) is 12.1 Å². The number of nitrogens with two attached hydrogens (primary N) is 1. The predicted molar refractivity (Wildman–Crippen MR) is 108 cm³/mol. The number of hydrogen-bond acceptors (Lipinski definition) is 7. The Kier molecular flexibility index (Phi) is 4.89. The lowest BCUT2D eigenvalue weighted by atomic mass is 10.1. The number of fused-ring (bicyclic) bond motifs is 1. The Hall–Kier alpha value is -3.84. The van der Waals surface area contributed by atoms with Crippen molar-refractivity contribution in [2.45, 2.75) is 18.1 Å². The van der Waals surface area contributed by atoms with Gasteiger partial charge in [0.2, 0.25) is 0 Å². The Balaban J connectivity index is 1.91. The van der Waals surface area contributed by atoms with Crippen LogP contribution >= 0.6 is 0 Å². The molecule has 1 amide bonds. The smallest absolute Gasteiger partial charge is 0.408 e. The summed E-state index contributed by atoms with van der Waals surface area (Å²) in [5.74, 6) is 3.74. The van der Waals surface area contributed by atoms with Gasteiger partial charge in [-0.1, -0.05) is 5.92 Å². The highest BCUT2D eigenvalue weighted by Crippen LogP contribution is 2.36. The number of likely N-dealkylation sites (tertiary alicyclic amines) is 1. The lowest BCUT2D eigenvalue weighted by molar-refractivity contribution is 0.145. The molecule has 1 saturated heterocycles. The zero-order valence-corrected chi connectivity index (χ0v) is 16.4. The topological polar surface area (TPSA) is 129 Å². The molecule has 1 aliphatic heterocycles. The Morgan fingerprint density at radius 2 is 2.00 bits per heavy atom. The number of rotatable bonds is 4. The molecule has 3 heterocycles. The van der Waals surface area contributed by atoms with E-state index < -0.39 is 24.2 Å². The van der Waals surface area contributed by atoms with Gasteiger partial charge in [-0.3, -0.25) is 4.90 Å². The van der Waals surface area contributed by atoms with Gasteiger partial charge in [-0.2, -0.15) is 5.10 Å². The first-order valence-corrected chi connectivity index (χ1v) is 9.11. The minimum Gasteiger partial charge on any atom is -0.497 e. The third-order valence-corrected chi connectivity index (χ3v) is 5.20. The van der Waals surface area contributed by atoms with Crippen molar-refractivity contribution in [1.29, 1.82) is 0 Å². The number of methoxy groups -OCH3 is 2. The van der Waals surface area contributed by atoms with Crippen LogP contribution in [0.5, 0.6) is 11.5 Å². The van der Waals surface area contributed by atoms with E-state index in [4.69, 9.17) is 26.7 Å². The van der Waals surface area contributed by atoms with Gasteiger partial charge in [0.15, 0.2) is 5.65 Å². The van der Waals surface area contributed by atoms with Gasteiger partial charge in [0, 0.05) is 30.4 Å². The molecule has 0 radical (unpaired) electrons. The number of amides is 1. The van der Waals surface area contributed by atoms with E-state index >= 15 is 0 Å². The van der Waals surface area contributed by atoms with E-state index in [0.29, 0.717) is 28.2 Å². The van der Waals surface area contributed by atoms with Crippen LogP contribution in [0, 0.1) is 12.3 Å². The summed E-state index contributed by atoms with van der Waals surface area (Å²) in [4.78, 5) is 21.3. The summed E-state index contributed by atoms with van der Waals surface area (Å²) in [6.45, 7) is 0.101. The van der Waals surface area contributed by atoms with Crippen molar-refractivity contribution < 1.29 is 19.4 Å². The Labute approximate surface area is 172 Å². The number of ether oxygens (including phenoxy) is 2. The Morgan fingerprint density at radius 3 is 2.60 bits per heavy atom. The number of terminal acetylenes is 1. The molecule has 1 fully saturated rings. The third kappa shape index (κ3) is 3.05. The summed E-state index contributed by atoms with van der Waals surface area (Å²) in [5, 5.41) is 14.9. The van der Waals surface area contributed by atoms with E-state index in [1.165, 1.54) is 6.33 Å². The second-order valence-electron chi connectivity index (χ2n) is 6.86. The summed E-state index contributed by atoms with van der Waals surface area (Å²) in [5.41, 5.74) is 8.11. The zero-order valence-electron chi connectivity index (χ0n) is 16.4. The normalized spacial score (nSPS) is 20.9. The molecular weight excluding hydrogens is 388 g/mol. The quantitative estimate of drug-likeness (QED) is 0.620. The van der Waals surface area contributed by atoms with E-state index in [0.717, 1.165) is 10.5 Å². The van der Waals surface area contributed by atoms with Gasteiger partial charge < -0.3 is 20.3 Å². The van der Waals surface area contributed by atoms with Gasteiger partial charge in [0.25, 0.3) is 0 Å². The molecule has 0 saturated carbocycles. The molecule has 10 heteroatoms. The lowest BCUT2D eigenvalue weighted by Crippen LogP contribution is -2.37. The number of carbonyl (C=O) groups is 1. The maximum atomic E-state index is 11.6. The first-order valence-electron chi connectivity index (χ1n) is 9.11. The highest BCUT2D eigenvalue weighted by molar-refractivity contribution is 5.91. The molecular formula is C20H20N6O4. The molecule has 4 rings (SSSR count). The highest BCUT2D eigenvalue weighted by Gasteiger charge is 2.44. The van der Waals surface area contributed by atoms with E-state index in [9.17, 15) is 9.90 Å². The fraction of sp³-hybridized carbons (Fsp3) is 0.300. The molecule has 30 heavy (non-hydrogen) atoms. The summed E-state index contributed by atoms with van der Waals surface area (Å²) >= 11 is 0. The molecule has 0 spiro atoms. The van der Waals surface area contributed by atoms with Crippen molar-refractivity contribution in [1.82, 2.24) is 24.6 Å². The molecule has 10 nitrogen and oxygen atoms in total. The first-order chi connectivity index (χ1) is 14.5. The molecule has 0 aliphatic carbocycles. The highest BCUT2D eigenvalue weighted by atomic mass is 16.5. The molecule has 1 aliphatic rings. The van der Waals surface area contributed by atoms with Crippen LogP contribution in [-0.2, 0) is 0 Å². The van der Waals surface area contributed by atoms with Crippen LogP contribution in [0.2, 0.25) is 0 Å². The fourth-order valence-corrected chi connectivity index (χ4v) is 3.81. The van der Waals surface area contributed by atoms with Crippen LogP contribution < -0.4 is 15.2 Å². The van der Waals surface area contributed by atoms with Gasteiger partial charge >= 0.3 is 6.09 Å². The van der Waals surface area contributed by atoms with Crippen molar-refractivity contribution >= 4 is 17.1 Å². The lowest BCUT2D eigenvalue weighted by Gasteiger charge is -2.22. The molecule has 3 atom stereocenters. The van der Waals surface area contributed by atoms with Crippen LogP contribution in [0.25, 0.3) is 22.3 Å². The van der Waals surface area contributed by atoms with Gasteiger partial charge in [0.1, 0.15) is 35.6 Å². The summed E-state index contributed by atoms with van der Waals surface area (Å²) in [7, 11) is 3.13. The average Bonchev–Trinajstić information content (AvgIpc) is 3.30. The Morgan fingerprint density at radius 1 is 1.30 bits per heavy atom. The van der Waals surface area contributed by atoms with E-state index in [1.54, 1.807) is 31.2 Å². The Bertz CT molecular complexity index is 1130. The number of nitrogens with zero attached hydrogens (tertiary/aromatic N) is 5. The minimum atomic E-state index is -1.13. The summed E-state index contributed by atoms with van der Waals surface area (Å²) < 4.78 is 12.3. The molecule has 3 unspecified atom stereocenters. The zero-order chi connectivity index (χ0) is 21.4. The molecule has 3 N–H and O–H groups in total. The number of hydrogen-bond donors (Lipinski definition) is 2. The molecule has 1 aromatic carbocycles. The average molecular weight is 408 g/mol. The van der Waals surface area contributed by atoms with E-state index in [1.807, 2.05) is 12.1 Å². The molecule has 154 valence electrons. The van der Waals surface area contributed by atoms with Crippen molar-refractivity contribution in [2.75, 3.05) is 20.8 Å². The van der Waals surface area contributed by atoms with Crippen molar-refractivity contribution in [2.24, 2.45) is 5.73 Å². The number of carboxylic acid groups (broad SMARTS) is 1. The maximum Gasteiger partial charge on any atom is 0.408 e. The first kappa shape index (κ1) is 19.5. The monoisotopic (exact) mass is 408 g/mol. The fourth-order valence-electron chi connectivity index (χ4n) is 3.81. The third-order valence-electron chi connectivity index (χ3n) is 5.20. The van der Waals surface area contributed by atoms with Crippen LogP contribution in [0.4, 0.5) is 4.79 Å². The molecule has 3 aromatic rings. The summed E-state index contributed by atoms with van der Waals surface area (Å²) in [6, 6.07) is 3.49. The standard InChI is InChI=1S/C20H20N6O4/c1-4-16-18(15(21)9-25(16)20(27)28)26-19-14(8-22-10-23-19)17(24-26)11-5-12(29-2)7-13(6-11)30-3/h1,5-8,10,15-16,18H,9,21H2,2-3H3,(H,27,28). The number of benzene rings is 1. The van der Waals surface area contributed by atoms with Gasteiger partial charge in [0.05, 0.1) is 19.6 Å². The van der Waals surface area contributed by atoms with Crippen LogP contribution in [0.1, 0.15) is 6.04 Å². The SMILES string of the molecule is C#CC1C(n2nc(-c3cc(OC)cc(OC)c3)c3cncnc32)C(N)CN1C(=O)O. The molecule has 2 aromatic heterocycles. The van der Waals surface area contributed by atoms with Gasteiger partial charge in [-0.15, -0.1) is 6.42 Å². The van der Waals surface area contributed by atoms with Crippen molar-refractivity contribution in [3.63, 3.8) is 0 Å². The van der Waals surface area contributed by atoms with Gasteiger partial charge in [-0.25, -0.2) is 19.4 Å². The maximum absolute atomic E-state index is 11.6. The summed E-state index contributed by atoms with van der Waals surface area (Å²) in [6.07, 6.45) is 7.59. The largest absolute Gasteiger partial charge is 0.497 e. The van der Waals surface area contributed by atoms with E-state index in [-0.39, 0.29) is 6.54 Å². The van der Waals surface area contributed by atoms with Crippen molar-refractivity contribution in [3.05, 3.63) is 30.7 Å². The van der Waals surface area contributed by atoms with Crippen LogP contribution in [0.3, 0.4) is 0 Å². The second-order valence-corrected chi connectivity index (χ2v) is 6.86. The minimum absolute atomic E-state index is 0.101. The number of aromatic nitrogens is 4. The predicted octanol–water partition coefficient (Wildman–Crippen LogP) is 1.37. The second kappa shape index (κ2) is 7.53. The van der Waals surface area contributed by atoms with Crippen LogP contribution in [0.15, 0.2) is 30.7 Å². The van der Waals surface area contributed by atoms with E-state index in [2.05, 4.69) is 15.9 Å². The molecule has 0 bridgehead atoms. The van der Waals surface area contributed by atoms with Crippen molar-refractivity contribution in [3.8, 4) is 35.1 Å². The van der Waals surface area contributed by atoms with Crippen LogP contribution in [-0.4, -0.2) is 68.7 Å².